The molecule has 0 radical (unpaired) electrons. The topological polar surface area (TPSA) is 26.3 Å². The first-order valence-electron chi connectivity index (χ1n) is 5.67. The molecule has 1 aromatic rings. The highest BCUT2D eigenvalue weighted by Gasteiger charge is 2.28. The molecule has 1 aromatic carbocycles. The van der Waals surface area contributed by atoms with Crippen molar-refractivity contribution in [1.82, 2.24) is 0 Å². The number of methoxy groups -OCH3 is 1. The lowest BCUT2D eigenvalue weighted by molar-refractivity contribution is -0.123. The average molecular weight is 220 g/mol. The van der Waals surface area contributed by atoms with Gasteiger partial charge in [-0.05, 0) is 25.8 Å². The van der Waals surface area contributed by atoms with Crippen molar-refractivity contribution in [1.29, 1.82) is 0 Å². The summed E-state index contributed by atoms with van der Waals surface area (Å²) in [5, 5.41) is 0. The zero-order valence-electron chi connectivity index (χ0n) is 10.3. The molecule has 0 N–H and O–H groups in total. The van der Waals surface area contributed by atoms with Crippen LogP contribution in [0.2, 0.25) is 0 Å². The van der Waals surface area contributed by atoms with Gasteiger partial charge in [-0.1, -0.05) is 30.3 Å². The van der Waals surface area contributed by atoms with Crippen molar-refractivity contribution in [2.24, 2.45) is 0 Å². The summed E-state index contributed by atoms with van der Waals surface area (Å²) in [4.78, 5) is 12.1. The molecule has 0 atom stereocenters. The fourth-order valence-corrected chi connectivity index (χ4v) is 1.71. The number of ether oxygens (including phenoxy) is 1. The number of Topliss-reactive ketones (excluding diaryl/α,β-unsaturated/α-hetero) is 1. The van der Waals surface area contributed by atoms with E-state index in [1.807, 2.05) is 44.2 Å². The average Bonchev–Trinajstić information content (AvgIpc) is 2.30. The summed E-state index contributed by atoms with van der Waals surface area (Å²) in [7, 11) is 1.66. The summed E-state index contributed by atoms with van der Waals surface area (Å²) in [6, 6.07) is 9.93. The standard InChI is InChI=1S/C14H20O2/c1-14(2,12-8-5-4-6-9-12)13(15)10-7-11-16-3/h4-6,8-9H,7,10-11H2,1-3H3. The van der Waals surface area contributed by atoms with Crippen LogP contribution in [0, 0.1) is 0 Å². The monoisotopic (exact) mass is 220 g/mol. The lowest BCUT2D eigenvalue weighted by Crippen LogP contribution is -2.29. The first-order chi connectivity index (χ1) is 7.59. The zero-order chi connectivity index (χ0) is 12.0. The highest BCUT2D eigenvalue weighted by Crippen LogP contribution is 2.25. The Labute approximate surface area is 97.6 Å². The maximum absolute atomic E-state index is 12.1. The third kappa shape index (κ3) is 3.17. The molecule has 2 heteroatoms. The lowest BCUT2D eigenvalue weighted by Gasteiger charge is -2.23. The Bertz CT molecular complexity index is 328. The first kappa shape index (κ1) is 12.9. The van der Waals surface area contributed by atoms with Crippen molar-refractivity contribution >= 4 is 5.78 Å². The fourth-order valence-electron chi connectivity index (χ4n) is 1.71. The molecule has 0 spiro atoms. The molecule has 0 saturated carbocycles. The molecule has 0 aliphatic carbocycles. The van der Waals surface area contributed by atoms with E-state index >= 15 is 0 Å². The largest absolute Gasteiger partial charge is 0.385 e. The number of carbonyl (C=O) groups is 1. The number of ketones is 1. The van der Waals surface area contributed by atoms with Crippen LogP contribution >= 0.6 is 0 Å². The second kappa shape index (κ2) is 5.80. The number of hydrogen-bond donors (Lipinski definition) is 0. The van der Waals surface area contributed by atoms with Crippen LogP contribution in [0.1, 0.15) is 32.3 Å². The van der Waals surface area contributed by atoms with E-state index in [0.717, 1.165) is 12.0 Å². The predicted octanol–water partition coefficient (Wildman–Crippen LogP) is 2.96. The van der Waals surface area contributed by atoms with E-state index in [1.54, 1.807) is 7.11 Å². The Kier molecular flexibility index (Phi) is 4.69. The van der Waals surface area contributed by atoms with Crippen LogP contribution in [-0.2, 0) is 14.9 Å². The van der Waals surface area contributed by atoms with E-state index in [4.69, 9.17) is 4.74 Å². The molecule has 0 heterocycles. The van der Waals surface area contributed by atoms with Gasteiger partial charge in [0.25, 0.3) is 0 Å². The van der Waals surface area contributed by atoms with Crippen molar-refractivity contribution < 1.29 is 9.53 Å². The van der Waals surface area contributed by atoms with Gasteiger partial charge in [-0.3, -0.25) is 4.79 Å². The van der Waals surface area contributed by atoms with Gasteiger partial charge in [0.2, 0.25) is 0 Å². The number of benzene rings is 1. The maximum Gasteiger partial charge on any atom is 0.142 e. The number of rotatable bonds is 6. The second-order valence-corrected chi connectivity index (χ2v) is 4.51. The lowest BCUT2D eigenvalue weighted by atomic mass is 9.79. The molecule has 0 bridgehead atoms. The normalized spacial score (nSPS) is 11.4. The van der Waals surface area contributed by atoms with Crippen molar-refractivity contribution in [3.8, 4) is 0 Å². The van der Waals surface area contributed by atoms with Gasteiger partial charge in [-0.2, -0.15) is 0 Å². The van der Waals surface area contributed by atoms with E-state index in [0.29, 0.717) is 13.0 Å². The third-order valence-electron chi connectivity index (χ3n) is 2.94. The van der Waals surface area contributed by atoms with Crippen LogP contribution in [0.5, 0.6) is 0 Å². The molecule has 16 heavy (non-hydrogen) atoms. The van der Waals surface area contributed by atoms with Gasteiger partial charge in [-0.25, -0.2) is 0 Å². The minimum absolute atomic E-state index is 0.274. The third-order valence-corrected chi connectivity index (χ3v) is 2.94. The molecule has 0 saturated heterocycles. The molecule has 2 nitrogen and oxygen atoms in total. The molecular formula is C14H20O2. The van der Waals surface area contributed by atoms with Gasteiger partial charge in [0, 0.05) is 25.6 Å². The Hall–Kier alpha value is -1.15. The fraction of sp³-hybridized carbons (Fsp3) is 0.500. The minimum atomic E-state index is -0.394. The molecule has 0 fully saturated rings. The van der Waals surface area contributed by atoms with Gasteiger partial charge in [-0.15, -0.1) is 0 Å². The van der Waals surface area contributed by atoms with E-state index in [9.17, 15) is 4.79 Å². The molecule has 1 rings (SSSR count). The molecule has 0 unspecified atom stereocenters. The summed E-state index contributed by atoms with van der Waals surface area (Å²) in [6.07, 6.45) is 1.38. The Morgan fingerprint density at radius 1 is 1.25 bits per heavy atom. The van der Waals surface area contributed by atoms with Crippen molar-refractivity contribution in [2.45, 2.75) is 32.1 Å². The van der Waals surface area contributed by atoms with Crippen molar-refractivity contribution in [2.75, 3.05) is 13.7 Å². The Morgan fingerprint density at radius 3 is 2.44 bits per heavy atom. The second-order valence-electron chi connectivity index (χ2n) is 4.51. The Morgan fingerprint density at radius 2 is 1.88 bits per heavy atom. The summed E-state index contributed by atoms with van der Waals surface area (Å²) in [6.45, 7) is 4.62. The maximum atomic E-state index is 12.1. The highest BCUT2D eigenvalue weighted by atomic mass is 16.5. The van der Waals surface area contributed by atoms with E-state index in [1.165, 1.54) is 0 Å². The molecule has 0 aliphatic rings. The van der Waals surface area contributed by atoms with Crippen LogP contribution in [0.3, 0.4) is 0 Å². The van der Waals surface area contributed by atoms with Crippen LogP contribution in [0.15, 0.2) is 30.3 Å². The van der Waals surface area contributed by atoms with Crippen LogP contribution < -0.4 is 0 Å². The number of hydrogen-bond acceptors (Lipinski definition) is 2. The van der Waals surface area contributed by atoms with E-state index < -0.39 is 5.41 Å². The van der Waals surface area contributed by atoms with Gasteiger partial charge in [0.05, 0.1) is 0 Å². The molecule has 0 amide bonds. The van der Waals surface area contributed by atoms with Crippen LogP contribution in [0.4, 0.5) is 0 Å². The molecule has 0 aliphatic heterocycles. The molecule has 0 aromatic heterocycles. The van der Waals surface area contributed by atoms with Gasteiger partial charge in [0.15, 0.2) is 0 Å². The summed E-state index contributed by atoms with van der Waals surface area (Å²) in [5.74, 6) is 0.274. The molecular weight excluding hydrogens is 200 g/mol. The number of carbonyl (C=O) groups excluding carboxylic acids is 1. The quantitative estimate of drug-likeness (QED) is 0.689. The van der Waals surface area contributed by atoms with Gasteiger partial charge in [0.1, 0.15) is 5.78 Å². The van der Waals surface area contributed by atoms with Crippen molar-refractivity contribution in [3.63, 3.8) is 0 Å². The predicted molar refractivity (Wildman–Crippen MR) is 65.6 cm³/mol. The van der Waals surface area contributed by atoms with E-state index in [2.05, 4.69) is 0 Å². The summed E-state index contributed by atoms with van der Waals surface area (Å²) >= 11 is 0. The van der Waals surface area contributed by atoms with E-state index in [-0.39, 0.29) is 5.78 Å². The zero-order valence-corrected chi connectivity index (χ0v) is 10.3. The summed E-state index contributed by atoms with van der Waals surface area (Å²) < 4.78 is 4.96. The molecule has 88 valence electrons. The first-order valence-corrected chi connectivity index (χ1v) is 5.67. The van der Waals surface area contributed by atoms with Crippen LogP contribution in [0.25, 0.3) is 0 Å². The SMILES string of the molecule is COCCCC(=O)C(C)(C)c1ccccc1. The smallest absolute Gasteiger partial charge is 0.142 e. The highest BCUT2D eigenvalue weighted by molar-refractivity contribution is 5.89. The van der Waals surface area contributed by atoms with Crippen molar-refractivity contribution in [3.05, 3.63) is 35.9 Å². The van der Waals surface area contributed by atoms with Crippen LogP contribution in [-0.4, -0.2) is 19.5 Å². The minimum Gasteiger partial charge on any atom is -0.385 e. The Balaban J connectivity index is 2.66. The van der Waals surface area contributed by atoms with Gasteiger partial charge < -0.3 is 4.74 Å². The van der Waals surface area contributed by atoms with Gasteiger partial charge >= 0.3 is 0 Å². The summed E-state index contributed by atoms with van der Waals surface area (Å²) in [5.41, 5.74) is 0.687.